The molecular formula is C18H12BrF3N2O. The van der Waals surface area contributed by atoms with Crippen molar-refractivity contribution in [2.45, 2.75) is 25.0 Å². The summed E-state index contributed by atoms with van der Waals surface area (Å²) >= 11 is 3.22. The highest BCUT2D eigenvalue weighted by molar-refractivity contribution is 9.10. The number of rotatable bonds is 3. The molecule has 0 amide bonds. The van der Waals surface area contributed by atoms with Crippen LogP contribution in [-0.2, 0) is 0 Å². The van der Waals surface area contributed by atoms with E-state index >= 15 is 0 Å². The van der Waals surface area contributed by atoms with Crippen LogP contribution in [0.1, 0.15) is 29.8 Å². The highest BCUT2D eigenvalue weighted by Crippen LogP contribution is 2.62. The molecule has 2 aromatic carbocycles. The highest BCUT2D eigenvalue weighted by atomic mass is 79.9. The van der Waals surface area contributed by atoms with Gasteiger partial charge in [-0.1, -0.05) is 18.2 Å². The van der Waals surface area contributed by atoms with Gasteiger partial charge in [0.25, 0.3) is 0 Å². The molecule has 1 aliphatic heterocycles. The molecule has 128 valence electrons. The van der Waals surface area contributed by atoms with Gasteiger partial charge in [-0.05, 0) is 40.4 Å². The molecule has 1 aliphatic carbocycles. The molecule has 0 N–H and O–H groups in total. The van der Waals surface area contributed by atoms with Crippen molar-refractivity contribution in [2.75, 3.05) is 0 Å². The van der Waals surface area contributed by atoms with Crippen LogP contribution in [0.5, 0.6) is 5.75 Å². The van der Waals surface area contributed by atoms with E-state index in [9.17, 15) is 13.2 Å². The van der Waals surface area contributed by atoms with Crippen LogP contribution in [0.3, 0.4) is 0 Å². The van der Waals surface area contributed by atoms with Crippen molar-refractivity contribution in [2.24, 2.45) is 5.92 Å². The number of para-hydroxylation sites is 1. The van der Waals surface area contributed by atoms with E-state index in [1.807, 2.05) is 16.7 Å². The summed E-state index contributed by atoms with van der Waals surface area (Å²) in [5.41, 5.74) is 2.10. The molecule has 25 heavy (non-hydrogen) atoms. The summed E-state index contributed by atoms with van der Waals surface area (Å²) in [5, 5.41) is 0. The Morgan fingerprint density at radius 3 is 2.84 bits per heavy atom. The molecule has 0 spiro atoms. The molecule has 2 heterocycles. The number of fused-ring (bicyclic) bond motifs is 5. The Hall–Kier alpha value is -2.02. The second-order valence-corrected chi connectivity index (χ2v) is 7.32. The molecule has 5 rings (SSSR count). The third-order valence-electron chi connectivity index (χ3n) is 5.07. The van der Waals surface area contributed by atoms with E-state index in [1.165, 1.54) is 6.07 Å². The van der Waals surface area contributed by atoms with Gasteiger partial charge in [-0.25, -0.2) is 9.37 Å². The smallest absolute Gasteiger partial charge is 0.387 e. The van der Waals surface area contributed by atoms with Crippen molar-refractivity contribution in [1.29, 1.82) is 0 Å². The van der Waals surface area contributed by atoms with Crippen LogP contribution in [0.2, 0.25) is 0 Å². The monoisotopic (exact) mass is 408 g/mol. The summed E-state index contributed by atoms with van der Waals surface area (Å²) in [6, 6.07) is 9.85. The predicted molar refractivity (Wildman–Crippen MR) is 89.5 cm³/mol. The third kappa shape index (κ3) is 2.21. The van der Waals surface area contributed by atoms with E-state index in [1.54, 1.807) is 18.2 Å². The minimum Gasteiger partial charge on any atom is -0.434 e. The maximum absolute atomic E-state index is 13.8. The lowest BCUT2D eigenvalue weighted by Crippen LogP contribution is -2.13. The molecule has 7 heteroatoms. The number of aromatic nitrogens is 2. The van der Waals surface area contributed by atoms with Gasteiger partial charge in [0.1, 0.15) is 17.4 Å². The number of ether oxygens (including phenoxy) is 1. The van der Waals surface area contributed by atoms with Crippen LogP contribution in [0.4, 0.5) is 13.2 Å². The van der Waals surface area contributed by atoms with E-state index in [2.05, 4.69) is 20.9 Å². The Kier molecular flexibility index (Phi) is 3.20. The average Bonchev–Trinajstić information content (AvgIpc) is 3.18. The van der Waals surface area contributed by atoms with Crippen LogP contribution in [0, 0.1) is 11.7 Å². The summed E-state index contributed by atoms with van der Waals surface area (Å²) < 4.78 is 46.6. The number of imidazole rings is 1. The number of nitrogens with zero attached hydrogens (tertiary/aromatic N) is 2. The van der Waals surface area contributed by atoms with E-state index in [0.29, 0.717) is 27.4 Å². The molecular weight excluding hydrogens is 397 g/mol. The normalized spacial score (nSPS) is 23.8. The lowest BCUT2D eigenvalue weighted by atomic mass is 10.0. The molecule has 0 unspecified atom stereocenters. The van der Waals surface area contributed by atoms with Crippen molar-refractivity contribution < 1.29 is 17.9 Å². The Balaban J connectivity index is 1.71. The maximum Gasteiger partial charge on any atom is 0.387 e. The topological polar surface area (TPSA) is 27.1 Å². The van der Waals surface area contributed by atoms with Gasteiger partial charge in [-0.2, -0.15) is 8.78 Å². The van der Waals surface area contributed by atoms with E-state index in [0.717, 1.165) is 17.8 Å². The second-order valence-electron chi connectivity index (χ2n) is 6.46. The Labute approximate surface area is 149 Å². The van der Waals surface area contributed by atoms with Gasteiger partial charge in [0.2, 0.25) is 0 Å². The zero-order valence-electron chi connectivity index (χ0n) is 12.8. The first kappa shape index (κ1) is 15.3. The number of halogens is 4. The first-order chi connectivity index (χ1) is 12.0. The predicted octanol–water partition coefficient (Wildman–Crippen LogP) is 5.25. The third-order valence-corrected chi connectivity index (χ3v) is 5.68. The van der Waals surface area contributed by atoms with Crippen molar-refractivity contribution in [3.8, 4) is 5.75 Å². The molecule has 3 atom stereocenters. The molecule has 1 aromatic heterocycles. The molecule has 3 aromatic rings. The SMILES string of the molecule is Fc1cc2nc3n(c2cc1Br)[C@@H](c1ccccc1OC(F)F)[C@@H]1C[C@H]31. The summed E-state index contributed by atoms with van der Waals surface area (Å²) in [5.74, 6) is 1.32. The first-order valence-electron chi connectivity index (χ1n) is 7.95. The molecule has 1 fully saturated rings. The summed E-state index contributed by atoms with van der Waals surface area (Å²) in [6.07, 6.45) is 0.959. The zero-order chi connectivity index (χ0) is 17.3. The fourth-order valence-electron chi connectivity index (χ4n) is 4.01. The van der Waals surface area contributed by atoms with Crippen LogP contribution in [-0.4, -0.2) is 16.2 Å². The van der Waals surface area contributed by atoms with Crippen molar-refractivity contribution in [3.63, 3.8) is 0 Å². The largest absolute Gasteiger partial charge is 0.434 e. The fraction of sp³-hybridized carbons (Fsp3) is 0.278. The van der Waals surface area contributed by atoms with Gasteiger partial charge < -0.3 is 9.30 Å². The molecule has 2 aliphatic rings. The summed E-state index contributed by atoms with van der Waals surface area (Å²) in [7, 11) is 0. The zero-order valence-corrected chi connectivity index (χ0v) is 14.4. The molecule has 3 nitrogen and oxygen atoms in total. The maximum atomic E-state index is 13.8. The van der Waals surface area contributed by atoms with Crippen LogP contribution in [0.25, 0.3) is 11.0 Å². The van der Waals surface area contributed by atoms with Gasteiger partial charge in [-0.15, -0.1) is 0 Å². The molecule has 0 radical (unpaired) electrons. The first-order valence-corrected chi connectivity index (χ1v) is 8.74. The molecule has 1 saturated carbocycles. The van der Waals surface area contributed by atoms with Crippen LogP contribution < -0.4 is 4.74 Å². The number of hydrogen-bond donors (Lipinski definition) is 0. The van der Waals surface area contributed by atoms with Crippen molar-refractivity contribution in [3.05, 3.63) is 58.1 Å². The van der Waals surface area contributed by atoms with Crippen LogP contribution in [0.15, 0.2) is 40.9 Å². The lowest BCUT2D eigenvalue weighted by Gasteiger charge is -2.21. The molecule has 0 bridgehead atoms. The summed E-state index contributed by atoms with van der Waals surface area (Å²) in [4.78, 5) is 4.60. The van der Waals surface area contributed by atoms with E-state index in [-0.39, 0.29) is 17.6 Å². The minimum absolute atomic E-state index is 0.127. The van der Waals surface area contributed by atoms with Gasteiger partial charge in [0.05, 0.1) is 21.5 Å². The quantitative estimate of drug-likeness (QED) is 0.591. The lowest BCUT2D eigenvalue weighted by molar-refractivity contribution is -0.0507. The van der Waals surface area contributed by atoms with Gasteiger partial charge in [-0.3, -0.25) is 0 Å². The van der Waals surface area contributed by atoms with Crippen LogP contribution >= 0.6 is 15.9 Å². The van der Waals surface area contributed by atoms with Crippen molar-refractivity contribution in [1.82, 2.24) is 9.55 Å². The van der Waals surface area contributed by atoms with Gasteiger partial charge in [0, 0.05) is 17.5 Å². The number of alkyl halides is 2. The van der Waals surface area contributed by atoms with Gasteiger partial charge in [0.15, 0.2) is 0 Å². The fourth-order valence-corrected chi connectivity index (χ4v) is 4.34. The Morgan fingerprint density at radius 1 is 1.24 bits per heavy atom. The number of hydrogen-bond acceptors (Lipinski definition) is 2. The Bertz CT molecular complexity index is 1000. The second kappa shape index (κ2) is 5.24. The van der Waals surface area contributed by atoms with E-state index < -0.39 is 6.61 Å². The van der Waals surface area contributed by atoms with Gasteiger partial charge >= 0.3 is 6.61 Å². The minimum atomic E-state index is -2.88. The highest BCUT2D eigenvalue weighted by Gasteiger charge is 2.55. The molecule has 0 saturated heterocycles. The summed E-state index contributed by atoms with van der Waals surface area (Å²) in [6.45, 7) is -2.88. The number of benzene rings is 2. The average molecular weight is 409 g/mol. The standard InChI is InChI=1S/C18H12BrF3N2O/c19-11-6-14-13(7-12(11)20)23-17-10-5-9(10)16(24(14)17)8-3-1-2-4-15(8)25-18(21)22/h1-4,6-7,9-10,16,18H,5H2/t9-,10+,16+/m1/s1. The van der Waals surface area contributed by atoms with E-state index in [4.69, 9.17) is 4.74 Å². The Morgan fingerprint density at radius 2 is 2.04 bits per heavy atom. The van der Waals surface area contributed by atoms with Crippen molar-refractivity contribution >= 4 is 27.0 Å².